The van der Waals surface area contributed by atoms with Crippen LogP contribution in [-0.2, 0) is 19.6 Å². The van der Waals surface area contributed by atoms with Gasteiger partial charge in [0.25, 0.3) is 5.91 Å². The molecule has 1 N–H and O–H groups in total. The molecule has 29 heavy (non-hydrogen) atoms. The van der Waals surface area contributed by atoms with Crippen molar-refractivity contribution < 1.29 is 22.7 Å². The lowest BCUT2D eigenvalue weighted by Crippen LogP contribution is -2.39. The number of hydrogen-bond acceptors (Lipinski definition) is 6. The van der Waals surface area contributed by atoms with Crippen LogP contribution in [0.5, 0.6) is 0 Å². The number of halogens is 1. The summed E-state index contributed by atoms with van der Waals surface area (Å²) in [6.07, 6.45) is 2.38. The van der Waals surface area contributed by atoms with Crippen LogP contribution in [0.25, 0.3) is 0 Å². The first kappa shape index (κ1) is 22.4. The number of nitrogens with one attached hydrogen (secondary N) is 1. The summed E-state index contributed by atoms with van der Waals surface area (Å²) in [6.45, 7) is 1.26. The van der Waals surface area contributed by atoms with Crippen molar-refractivity contribution in [2.45, 2.75) is 6.92 Å². The van der Waals surface area contributed by atoms with Crippen molar-refractivity contribution in [2.75, 3.05) is 24.2 Å². The number of rotatable bonds is 7. The summed E-state index contributed by atoms with van der Waals surface area (Å²) >= 11 is 5.96. The normalized spacial score (nSPS) is 11.3. The molecule has 154 valence electrons. The number of carbonyl (C=O) groups excluding carboxylic acids is 2. The fraction of sp³-hybridized carbons (Fsp3) is 0.211. The smallest absolute Gasteiger partial charge is 0.337 e. The van der Waals surface area contributed by atoms with Gasteiger partial charge in [-0.05, 0) is 42.3 Å². The van der Waals surface area contributed by atoms with E-state index >= 15 is 0 Å². The van der Waals surface area contributed by atoms with E-state index < -0.39 is 28.4 Å². The molecule has 0 heterocycles. The third-order valence-corrected chi connectivity index (χ3v) is 5.22. The van der Waals surface area contributed by atoms with Crippen LogP contribution in [0.1, 0.15) is 21.5 Å². The molecule has 0 radical (unpaired) electrons. The Balaban J connectivity index is 2.08. The van der Waals surface area contributed by atoms with Crippen LogP contribution in [0.15, 0.2) is 47.6 Å². The van der Waals surface area contributed by atoms with Crippen molar-refractivity contribution >= 4 is 45.4 Å². The molecule has 10 heteroatoms. The quantitative estimate of drug-likeness (QED) is 0.406. The zero-order chi connectivity index (χ0) is 21.6. The minimum atomic E-state index is -3.73. The second kappa shape index (κ2) is 9.53. The van der Waals surface area contributed by atoms with E-state index in [9.17, 15) is 18.0 Å². The molecular formula is C19H20ClN3O5S. The Morgan fingerprint density at radius 1 is 1.21 bits per heavy atom. The standard InChI is InChI=1S/C19H20ClN3O5S/c1-13-4-9-16(20)10-17(13)23(29(3,26)27)12-18(24)22-21-11-14-5-7-15(8-6-14)19(25)28-2/h4-11H,12H2,1-3H3,(H,22,24)/b21-11-. The maximum Gasteiger partial charge on any atom is 0.337 e. The number of ether oxygens (including phenoxy) is 1. The van der Waals surface area contributed by atoms with Gasteiger partial charge in [-0.3, -0.25) is 9.10 Å². The number of benzene rings is 2. The summed E-state index contributed by atoms with van der Waals surface area (Å²) in [5.41, 5.74) is 4.27. The first-order valence-corrected chi connectivity index (χ1v) is 10.6. The molecule has 0 aliphatic heterocycles. The minimum Gasteiger partial charge on any atom is -0.465 e. The van der Waals surface area contributed by atoms with Crippen LogP contribution in [0.3, 0.4) is 0 Å². The lowest BCUT2D eigenvalue weighted by molar-refractivity contribution is -0.119. The molecule has 0 saturated carbocycles. The number of methoxy groups -OCH3 is 1. The number of esters is 1. The number of amides is 1. The fourth-order valence-corrected chi connectivity index (χ4v) is 3.47. The van der Waals surface area contributed by atoms with Crippen LogP contribution in [-0.4, -0.2) is 46.4 Å². The van der Waals surface area contributed by atoms with Gasteiger partial charge in [-0.25, -0.2) is 18.6 Å². The molecule has 0 aliphatic carbocycles. The molecule has 0 aliphatic rings. The Morgan fingerprint density at radius 2 is 1.86 bits per heavy atom. The summed E-state index contributed by atoms with van der Waals surface area (Å²) in [6, 6.07) is 11.2. The van der Waals surface area contributed by atoms with E-state index in [1.807, 2.05) is 0 Å². The monoisotopic (exact) mass is 437 g/mol. The molecule has 0 aromatic heterocycles. The molecule has 0 saturated heterocycles. The first-order chi connectivity index (χ1) is 13.6. The number of sulfonamides is 1. The molecule has 0 bridgehead atoms. The van der Waals surface area contributed by atoms with Crippen LogP contribution < -0.4 is 9.73 Å². The van der Waals surface area contributed by atoms with Crippen molar-refractivity contribution in [3.63, 3.8) is 0 Å². The topological polar surface area (TPSA) is 105 Å². The summed E-state index contributed by atoms with van der Waals surface area (Å²) in [5.74, 6) is -1.09. The lowest BCUT2D eigenvalue weighted by Gasteiger charge is -2.23. The van der Waals surface area contributed by atoms with Gasteiger partial charge >= 0.3 is 5.97 Å². The summed E-state index contributed by atoms with van der Waals surface area (Å²) in [5, 5.41) is 4.17. The Morgan fingerprint density at radius 3 is 2.45 bits per heavy atom. The highest BCUT2D eigenvalue weighted by Crippen LogP contribution is 2.26. The molecule has 8 nitrogen and oxygen atoms in total. The van der Waals surface area contributed by atoms with E-state index in [-0.39, 0.29) is 0 Å². The van der Waals surface area contributed by atoms with Gasteiger partial charge in [0.15, 0.2) is 0 Å². The van der Waals surface area contributed by atoms with E-state index in [4.69, 9.17) is 11.6 Å². The molecular weight excluding hydrogens is 418 g/mol. The highest BCUT2D eigenvalue weighted by Gasteiger charge is 2.22. The SMILES string of the molecule is COC(=O)c1ccc(/C=N\NC(=O)CN(c2cc(Cl)ccc2C)S(C)(=O)=O)cc1. The third-order valence-electron chi connectivity index (χ3n) is 3.86. The van der Waals surface area contributed by atoms with Gasteiger partial charge in [0, 0.05) is 5.02 Å². The molecule has 0 fully saturated rings. The Hall–Kier alpha value is -2.91. The van der Waals surface area contributed by atoms with Crippen molar-refractivity contribution in [2.24, 2.45) is 5.10 Å². The van der Waals surface area contributed by atoms with Gasteiger partial charge < -0.3 is 4.74 Å². The van der Waals surface area contributed by atoms with Gasteiger partial charge in [0.1, 0.15) is 6.54 Å². The van der Waals surface area contributed by atoms with Crippen LogP contribution in [0.4, 0.5) is 5.69 Å². The average molecular weight is 438 g/mol. The minimum absolute atomic E-state index is 0.317. The van der Waals surface area contributed by atoms with Crippen molar-refractivity contribution in [3.05, 3.63) is 64.2 Å². The molecule has 2 rings (SSSR count). The van der Waals surface area contributed by atoms with E-state index in [1.54, 1.807) is 43.3 Å². The zero-order valence-corrected chi connectivity index (χ0v) is 17.6. The van der Waals surface area contributed by atoms with Crippen molar-refractivity contribution in [3.8, 4) is 0 Å². The number of aryl methyl sites for hydroxylation is 1. The predicted molar refractivity (Wildman–Crippen MR) is 112 cm³/mol. The van der Waals surface area contributed by atoms with Crippen LogP contribution in [0.2, 0.25) is 5.02 Å². The molecule has 2 aromatic rings. The number of hydrogen-bond donors (Lipinski definition) is 1. The highest BCUT2D eigenvalue weighted by molar-refractivity contribution is 7.92. The number of anilines is 1. The maximum atomic E-state index is 12.2. The molecule has 0 unspecified atom stereocenters. The van der Waals surface area contributed by atoms with Gasteiger partial charge in [-0.2, -0.15) is 5.10 Å². The average Bonchev–Trinajstić information content (AvgIpc) is 2.67. The van der Waals surface area contributed by atoms with E-state index in [2.05, 4.69) is 15.3 Å². The second-order valence-electron chi connectivity index (χ2n) is 6.11. The van der Waals surface area contributed by atoms with Gasteiger partial charge in [0.05, 0.1) is 30.8 Å². The maximum absolute atomic E-state index is 12.2. The van der Waals surface area contributed by atoms with Gasteiger partial charge in [0.2, 0.25) is 10.0 Å². The summed E-state index contributed by atoms with van der Waals surface area (Å²) in [4.78, 5) is 23.6. The lowest BCUT2D eigenvalue weighted by atomic mass is 10.1. The van der Waals surface area contributed by atoms with E-state index in [1.165, 1.54) is 19.4 Å². The highest BCUT2D eigenvalue weighted by atomic mass is 35.5. The molecule has 2 aromatic carbocycles. The van der Waals surface area contributed by atoms with Crippen LogP contribution in [0, 0.1) is 6.92 Å². The number of nitrogens with zero attached hydrogens (tertiary/aromatic N) is 2. The van der Waals surface area contributed by atoms with Crippen LogP contribution >= 0.6 is 11.6 Å². The third kappa shape index (κ3) is 6.30. The van der Waals surface area contributed by atoms with Gasteiger partial charge in [-0.1, -0.05) is 29.8 Å². The molecule has 0 spiro atoms. The number of hydrazone groups is 1. The zero-order valence-electron chi connectivity index (χ0n) is 16.0. The number of carbonyl (C=O) groups is 2. The largest absolute Gasteiger partial charge is 0.465 e. The first-order valence-electron chi connectivity index (χ1n) is 8.36. The summed E-state index contributed by atoms with van der Waals surface area (Å²) in [7, 11) is -2.44. The Bertz CT molecular complexity index is 1040. The predicted octanol–water partition coefficient (Wildman–Crippen LogP) is 2.35. The van der Waals surface area contributed by atoms with Crippen molar-refractivity contribution in [1.82, 2.24) is 5.43 Å². The summed E-state index contributed by atoms with van der Waals surface area (Å²) < 4.78 is 29.9. The second-order valence-corrected chi connectivity index (χ2v) is 8.45. The van der Waals surface area contributed by atoms with E-state index in [0.717, 1.165) is 10.6 Å². The fourth-order valence-electron chi connectivity index (χ4n) is 2.40. The Kier molecular flexibility index (Phi) is 7.35. The molecule has 0 atom stereocenters. The van der Waals surface area contributed by atoms with E-state index in [0.29, 0.717) is 27.4 Å². The van der Waals surface area contributed by atoms with Crippen molar-refractivity contribution in [1.29, 1.82) is 0 Å². The molecule has 1 amide bonds. The van der Waals surface area contributed by atoms with Gasteiger partial charge in [-0.15, -0.1) is 0 Å². The Labute approximate surface area is 174 Å².